The van der Waals surface area contributed by atoms with Crippen LogP contribution in [0.15, 0.2) is 41.2 Å². The molecule has 0 amide bonds. The molecule has 1 aliphatic heterocycles. The second kappa shape index (κ2) is 8.81. The molecule has 0 aliphatic carbocycles. The molecule has 2 aromatic carbocycles. The second-order valence-electron chi connectivity index (χ2n) is 8.23. The molecule has 1 aliphatic rings. The van der Waals surface area contributed by atoms with Gasteiger partial charge in [0, 0.05) is 24.6 Å². The number of halogens is 5. The third kappa shape index (κ3) is 4.20. The summed E-state index contributed by atoms with van der Waals surface area (Å²) in [5, 5.41) is 12.6. The molecule has 0 bridgehead atoms. The number of carbonyl (C=O) groups is 1. The molecule has 0 unspecified atom stereocenters. The molecular formula is C23H16F5N5O3. The molecule has 4 aromatic rings. The van der Waals surface area contributed by atoms with E-state index in [0.29, 0.717) is 37.1 Å². The third-order valence-electron chi connectivity index (χ3n) is 6.07. The Hall–Kier alpha value is -4.16. The Labute approximate surface area is 199 Å². The first-order valence-electron chi connectivity index (χ1n) is 10.8. The van der Waals surface area contributed by atoms with Crippen LogP contribution in [0, 0.1) is 11.6 Å². The van der Waals surface area contributed by atoms with Gasteiger partial charge in [-0.3, -0.25) is 0 Å². The quantitative estimate of drug-likeness (QED) is 0.384. The smallest absolute Gasteiger partial charge is 0.471 e. The van der Waals surface area contributed by atoms with E-state index in [9.17, 15) is 22.4 Å². The number of piperidine rings is 1. The summed E-state index contributed by atoms with van der Waals surface area (Å²) in [7, 11) is 0. The Balaban J connectivity index is 1.45. The number of aromatic carboxylic acids is 1. The van der Waals surface area contributed by atoms with Crippen molar-refractivity contribution in [2.24, 2.45) is 0 Å². The maximum atomic E-state index is 15.0. The number of aromatic nitrogens is 4. The van der Waals surface area contributed by atoms with Crippen molar-refractivity contribution in [1.82, 2.24) is 20.1 Å². The zero-order chi connectivity index (χ0) is 25.6. The fraction of sp³-hybridized carbons (Fsp3) is 0.261. The molecule has 5 rings (SSSR count). The normalized spacial score (nSPS) is 15.0. The fourth-order valence-corrected chi connectivity index (χ4v) is 4.31. The van der Waals surface area contributed by atoms with E-state index in [1.807, 2.05) is 0 Å². The number of fused-ring (bicyclic) bond motifs is 1. The Morgan fingerprint density at radius 3 is 2.44 bits per heavy atom. The van der Waals surface area contributed by atoms with E-state index >= 15 is 4.39 Å². The lowest BCUT2D eigenvalue weighted by Gasteiger charge is -2.32. The van der Waals surface area contributed by atoms with Gasteiger partial charge in [-0.15, -0.1) is 0 Å². The number of nitrogens with zero attached hydrogens (tertiary/aromatic N) is 5. The first kappa shape index (κ1) is 23.6. The van der Waals surface area contributed by atoms with Crippen LogP contribution in [-0.2, 0) is 6.18 Å². The maximum absolute atomic E-state index is 15.0. The largest absolute Gasteiger partial charge is 0.478 e. The van der Waals surface area contributed by atoms with E-state index in [-0.39, 0.29) is 28.5 Å². The maximum Gasteiger partial charge on any atom is 0.471 e. The summed E-state index contributed by atoms with van der Waals surface area (Å²) < 4.78 is 71.9. The number of hydrogen-bond acceptors (Lipinski definition) is 7. The molecule has 186 valence electrons. The lowest BCUT2D eigenvalue weighted by Crippen LogP contribution is -2.34. The fourth-order valence-electron chi connectivity index (χ4n) is 4.31. The van der Waals surface area contributed by atoms with Crippen LogP contribution < -0.4 is 4.90 Å². The number of alkyl halides is 3. The van der Waals surface area contributed by atoms with Crippen molar-refractivity contribution < 1.29 is 36.4 Å². The van der Waals surface area contributed by atoms with Crippen LogP contribution >= 0.6 is 0 Å². The van der Waals surface area contributed by atoms with Gasteiger partial charge in [0.2, 0.25) is 0 Å². The van der Waals surface area contributed by atoms with Crippen LogP contribution in [0.25, 0.3) is 22.0 Å². The molecular weight excluding hydrogens is 489 g/mol. The summed E-state index contributed by atoms with van der Waals surface area (Å²) in [6.07, 6.45) is -2.72. The van der Waals surface area contributed by atoms with Crippen LogP contribution in [0.3, 0.4) is 0 Å². The van der Waals surface area contributed by atoms with Crippen molar-refractivity contribution in [1.29, 1.82) is 0 Å². The van der Waals surface area contributed by atoms with E-state index < -0.39 is 35.2 Å². The van der Waals surface area contributed by atoms with Gasteiger partial charge >= 0.3 is 18.0 Å². The van der Waals surface area contributed by atoms with Crippen molar-refractivity contribution >= 4 is 22.7 Å². The van der Waals surface area contributed by atoms with E-state index in [1.165, 1.54) is 24.5 Å². The predicted molar refractivity (Wildman–Crippen MR) is 115 cm³/mol. The van der Waals surface area contributed by atoms with Gasteiger partial charge in [0.1, 0.15) is 23.8 Å². The Morgan fingerprint density at radius 1 is 1.06 bits per heavy atom. The average molecular weight is 505 g/mol. The number of benzene rings is 2. The molecule has 0 saturated carbocycles. The minimum absolute atomic E-state index is 0.0326. The van der Waals surface area contributed by atoms with Gasteiger partial charge in [0.05, 0.1) is 16.5 Å². The topological polar surface area (TPSA) is 105 Å². The van der Waals surface area contributed by atoms with E-state index in [1.54, 1.807) is 4.90 Å². The highest BCUT2D eigenvalue weighted by atomic mass is 19.4. The first-order valence-corrected chi connectivity index (χ1v) is 10.8. The van der Waals surface area contributed by atoms with E-state index in [2.05, 4.69) is 24.6 Å². The van der Waals surface area contributed by atoms with Gasteiger partial charge < -0.3 is 14.5 Å². The van der Waals surface area contributed by atoms with Gasteiger partial charge in [-0.25, -0.2) is 23.5 Å². The molecule has 8 nitrogen and oxygen atoms in total. The number of hydrogen-bond donors (Lipinski definition) is 1. The molecule has 0 radical (unpaired) electrons. The predicted octanol–water partition coefficient (Wildman–Crippen LogP) is 5.06. The third-order valence-corrected chi connectivity index (χ3v) is 6.07. The second-order valence-corrected chi connectivity index (χ2v) is 8.23. The van der Waals surface area contributed by atoms with Gasteiger partial charge in [0.15, 0.2) is 5.82 Å². The lowest BCUT2D eigenvalue weighted by molar-refractivity contribution is -0.159. The highest BCUT2D eigenvalue weighted by Crippen LogP contribution is 2.37. The molecule has 13 heteroatoms. The standard InChI is InChI=1S/C23H16F5N5O3/c24-15-4-3-13(12-1-2-14(21(34)35)16(25)9-12)18-17(15)20(30-10-29-18)33-7-5-11(6-8-33)19-31-22(36-32-19)23(26,27)28/h1-4,9-11H,5-8H2,(H,34,35). The molecule has 0 atom stereocenters. The van der Waals surface area contributed by atoms with Crippen molar-refractivity contribution in [3.05, 3.63) is 65.6 Å². The monoisotopic (exact) mass is 505 g/mol. The summed E-state index contributed by atoms with van der Waals surface area (Å²) >= 11 is 0. The van der Waals surface area contributed by atoms with Crippen LogP contribution in [0.2, 0.25) is 0 Å². The van der Waals surface area contributed by atoms with Gasteiger partial charge in [-0.05, 0) is 42.7 Å². The van der Waals surface area contributed by atoms with Crippen molar-refractivity contribution in [2.75, 3.05) is 18.0 Å². The van der Waals surface area contributed by atoms with Gasteiger partial charge in [-0.2, -0.15) is 18.2 Å². The van der Waals surface area contributed by atoms with E-state index in [0.717, 1.165) is 12.1 Å². The van der Waals surface area contributed by atoms with Crippen LogP contribution in [0.4, 0.5) is 27.8 Å². The summed E-state index contributed by atoms with van der Waals surface area (Å²) in [5.74, 6) is -4.48. The molecule has 0 spiro atoms. The van der Waals surface area contributed by atoms with Crippen molar-refractivity contribution in [3.63, 3.8) is 0 Å². The van der Waals surface area contributed by atoms with E-state index in [4.69, 9.17) is 5.11 Å². The van der Waals surface area contributed by atoms with Gasteiger partial charge in [0.25, 0.3) is 0 Å². The van der Waals surface area contributed by atoms with Crippen LogP contribution in [0.1, 0.15) is 40.8 Å². The SMILES string of the molecule is O=C(O)c1ccc(-c2ccc(F)c3c(N4CCC(c5noc(C(F)(F)F)n5)CC4)ncnc23)cc1F. The molecule has 3 heterocycles. The highest BCUT2D eigenvalue weighted by molar-refractivity contribution is 6.00. The first-order chi connectivity index (χ1) is 17.1. The molecule has 1 saturated heterocycles. The van der Waals surface area contributed by atoms with Crippen molar-refractivity contribution in [2.45, 2.75) is 24.9 Å². The lowest BCUT2D eigenvalue weighted by atomic mass is 9.95. The average Bonchev–Trinajstić information content (AvgIpc) is 3.35. The summed E-state index contributed by atoms with van der Waals surface area (Å²) in [4.78, 5) is 24.8. The number of anilines is 1. The zero-order valence-corrected chi connectivity index (χ0v) is 18.3. The summed E-state index contributed by atoms with van der Waals surface area (Å²) in [6.45, 7) is 0.663. The number of rotatable bonds is 4. The Morgan fingerprint density at radius 2 is 1.81 bits per heavy atom. The molecule has 1 N–H and O–H groups in total. The number of carboxylic acid groups (broad SMARTS) is 1. The molecule has 1 fully saturated rings. The van der Waals surface area contributed by atoms with Crippen molar-refractivity contribution in [3.8, 4) is 11.1 Å². The summed E-state index contributed by atoms with van der Waals surface area (Å²) in [6, 6.07) is 6.19. The summed E-state index contributed by atoms with van der Waals surface area (Å²) in [5.41, 5.74) is 0.403. The minimum Gasteiger partial charge on any atom is -0.478 e. The molecule has 2 aromatic heterocycles. The number of carboxylic acids is 1. The Kier molecular flexibility index (Phi) is 5.77. The van der Waals surface area contributed by atoms with Gasteiger partial charge in [-0.1, -0.05) is 11.2 Å². The molecule has 36 heavy (non-hydrogen) atoms. The Bertz CT molecular complexity index is 1460. The van der Waals surface area contributed by atoms with Crippen LogP contribution in [-0.4, -0.2) is 44.3 Å². The zero-order valence-electron chi connectivity index (χ0n) is 18.3. The van der Waals surface area contributed by atoms with Crippen LogP contribution in [0.5, 0.6) is 0 Å². The minimum atomic E-state index is -4.72. The highest BCUT2D eigenvalue weighted by Gasteiger charge is 2.39.